The molecular formula is C17H15ClF3NO3S. The van der Waals surface area contributed by atoms with E-state index in [2.05, 4.69) is 5.32 Å². The molecule has 4 nitrogen and oxygen atoms in total. The zero-order valence-electron chi connectivity index (χ0n) is 13.6. The molecule has 0 saturated heterocycles. The van der Waals surface area contributed by atoms with Gasteiger partial charge in [-0.3, -0.25) is 9.00 Å². The molecule has 2 aromatic carbocycles. The smallest absolute Gasteiger partial charge is 0.422 e. The summed E-state index contributed by atoms with van der Waals surface area (Å²) in [5.41, 5.74) is 1.00. The number of alkyl halides is 3. The predicted octanol–water partition coefficient (Wildman–Crippen LogP) is 4.41. The second-order valence-electron chi connectivity index (χ2n) is 5.42. The number of rotatable bonds is 6. The van der Waals surface area contributed by atoms with E-state index in [4.69, 9.17) is 16.3 Å². The molecule has 0 fully saturated rings. The van der Waals surface area contributed by atoms with Crippen LogP contribution in [0.25, 0.3) is 0 Å². The van der Waals surface area contributed by atoms with Crippen LogP contribution in [-0.2, 0) is 16.6 Å². The van der Waals surface area contributed by atoms with Crippen molar-refractivity contribution in [2.75, 3.05) is 18.2 Å². The first-order valence-electron chi connectivity index (χ1n) is 7.33. The Morgan fingerprint density at radius 3 is 2.62 bits per heavy atom. The summed E-state index contributed by atoms with van der Waals surface area (Å²) in [6.45, 7) is -1.49. The topological polar surface area (TPSA) is 55.4 Å². The third kappa shape index (κ3) is 6.34. The van der Waals surface area contributed by atoms with Crippen LogP contribution in [0, 0.1) is 0 Å². The summed E-state index contributed by atoms with van der Waals surface area (Å²) >= 11 is 5.86. The van der Waals surface area contributed by atoms with Crippen LogP contribution in [0.15, 0.2) is 42.5 Å². The van der Waals surface area contributed by atoms with Crippen LogP contribution in [-0.4, -0.2) is 29.2 Å². The number of anilines is 1. The fourth-order valence-electron chi connectivity index (χ4n) is 2.12. The number of ether oxygens (including phenoxy) is 1. The van der Waals surface area contributed by atoms with E-state index in [1.165, 1.54) is 24.3 Å². The number of hydrogen-bond donors (Lipinski definition) is 1. The van der Waals surface area contributed by atoms with Gasteiger partial charge in [-0.25, -0.2) is 0 Å². The predicted molar refractivity (Wildman–Crippen MR) is 95.2 cm³/mol. The van der Waals surface area contributed by atoms with Crippen LogP contribution in [0.5, 0.6) is 5.75 Å². The quantitative estimate of drug-likeness (QED) is 0.774. The van der Waals surface area contributed by atoms with Crippen LogP contribution < -0.4 is 10.1 Å². The number of halogens is 4. The van der Waals surface area contributed by atoms with E-state index in [9.17, 15) is 22.2 Å². The number of carbonyl (C=O) groups is 1. The molecule has 0 heterocycles. The maximum absolute atomic E-state index is 12.4. The van der Waals surface area contributed by atoms with Crippen molar-refractivity contribution in [1.82, 2.24) is 0 Å². The maximum atomic E-state index is 12.4. The number of amides is 1. The summed E-state index contributed by atoms with van der Waals surface area (Å²) in [6.07, 6.45) is -2.96. The van der Waals surface area contributed by atoms with E-state index in [-0.39, 0.29) is 27.8 Å². The molecule has 1 atom stereocenters. The first-order chi connectivity index (χ1) is 12.1. The van der Waals surface area contributed by atoms with Crippen molar-refractivity contribution < 1.29 is 26.9 Å². The summed E-state index contributed by atoms with van der Waals surface area (Å²) in [5, 5.41) is 2.72. The minimum atomic E-state index is -4.51. The van der Waals surface area contributed by atoms with E-state index >= 15 is 0 Å². The third-order valence-corrected chi connectivity index (χ3v) is 4.12. The van der Waals surface area contributed by atoms with E-state index in [1.54, 1.807) is 24.5 Å². The van der Waals surface area contributed by atoms with Gasteiger partial charge < -0.3 is 10.1 Å². The van der Waals surface area contributed by atoms with Crippen LogP contribution >= 0.6 is 11.6 Å². The number of hydrogen-bond acceptors (Lipinski definition) is 3. The molecule has 9 heteroatoms. The summed E-state index contributed by atoms with van der Waals surface area (Å²) < 4.78 is 53.1. The average molecular weight is 406 g/mol. The van der Waals surface area contributed by atoms with Crippen molar-refractivity contribution in [2.45, 2.75) is 11.9 Å². The zero-order chi connectivity index (χ0) is 19.3. The van der Waals surface area contributed by atoms with E-state index in [0.29, 0.717) is 5.56 Å². The first kappa shape index (κ1) is 20.3. The van der Waals surface area contributed by atoms with Gasteiger partial charge in [-0.1, -0.05) is 23.7 Å². The van der Waals surface area contributed by atoms with Gasteiger partial charge in [0.05, 0.1) is 5.69 Å². The van der Waals surface area contributed by atoms with Crippen molar-refractivity contribution in [2.24, 2.45) is 0 Å². The third-order valence-electron chi connectivity index (χ3n) is 3.14. The Balaban J connectivity index is 2.20. The van der Waals surface area contributed by atoms with Crippen LogP contribution in [0.1, 0.15) is 15.9 Å². The second kappa shape index (κ2) is 8.55. The Labute approximate surface area is 155 Å². The monoisotopic (exact) mass is 405 g/mol. The summed E-state index contributed by atoms with van der Waals surface area (Å²) in [4.78, 5) is 12.4. The average Bonchev–Trinajstić information content (AvgIpc) is 2.53. The van der Waals surface area contributed by atoms with Crippen molar-refractivity contribution in [1.29, 1.82) is 0 Å². The Kier molecular flexibility index (Phi) is 6.66. The van der Waals surface area contributed by atoms with Crippen molar-refractivity contribution >= 4 is 34.0 Å². The molecule has 2 rings (SSSR count). The molecule has 140 valence electrons. The lowest BCUT2D eigenvalue weighted by Gasteiger charge is -2.14. The van der Waals surface area contributed by atoms with Gasteiger partial charge >= 0.3 is 6.18 Å². The summed E-state index contributed by atoms with van der Waals surface area (Å²) in [5.74, 6) is -0.406. The zero-order valence-corrected chi connectivity index (χ0v) is 15.2. The molecule has 0 aromatic heterocycles. The molecule has 0 saturated carbocycles. The molecule has 0 spiro atoms. The largest absolute Gasteiger partial charge is 0.482 e. The van der Waals surface area contributed by atoms with E-state index in [1.807, 2.05) is 0 Å². The highest BCUT2D eigenvalue weighted by Crippen LogP contribution is 2.30. The number of benzene rings is 2. The molecule has 26 heavy (non-hydrogen) atoms. The molecule has 1 N–H and O–H groups in total. The fourth-order valence-corrected chi connectivity index (χ4v) is 2.94. The lowest BCUT2D eigenvalue weighted by molar-refractivity contribution is -0.153. The molecule has 0 radical (unpaired) electrons. The minimum Gasteiger partial charge on any atom is -0.482 e. The van der Waals surface area contributed by atoms with Gasteiger partial charge in [0.1, 0.15) is 5.75 Å². The highest BCUT2D eigenvalue weighted by atomic mass is 35.5. The van der Waals surface area contributed by atoms with Gasteiger partial charge in [0.25, 0.3) is 5.91 Å². The lowest BCUT2D eigenvalue weighted by Crippen LogP contribution is -2.20. The molecule has 0 aliphatic heterocycles. The molecular weight excluding hydrogens is 391 g/mol. The van der Waals surface area contributed by atoms with Gasteiger partial charge in [-0.2, -0.15) is 13.2 Å². The molecule has 0 aliphatic rings. The van der Waals surface area contributed by atoms with Gasteiger partial charge in [0.2, 0.25) is 0 Å². The fraction of sp³-hybridized carbons (Fsp3) is 0.235. The van der Waals surface area contributed by atoms with Gasteiger partial charge in [-0.05, 0) is 35.9 Å². The lowest BCUT2D eigenvalue weighted by atomic mass is 10.1. The number of nitrogens with one attached hydrogen (secondary N) is 1. The first-order valence-corrected chi connectivity index (χ1v) is 9.44. The molecule has 1 amide bonds. The normalized spacial score (nSPS) is 12.5. The second-order valence-corrected chi connectivity index (χ2v) is 7.29. The van der Waals surface area contributed by atoms with Crippen molar-refractivity contribution in [3.8, 4) is 5.75 Å². The van der Waals surface area contributed by atoms with E-state index < -0.39 is 29.5 Å². The standard InChI is InChI=1S/C17H15ClF3NO3S/c1-26(24)9-11-3-2-4-12(7-11)16(23)22-14-8-13(18)5-6-15(14)25-10-17(19,20)21/h2-8H,9-10H2,1H3,(H,22,23)/t26-/m0/s1. The summed E-state index contributed by atoms with van der Waals surface area (Å²) in [6, 6.07) is 10.4. The molecule has 0 unspecified atom stereocenters. The highest BCUT2D eigenvalue weighted by Gasteiger charge is 2.29. The molecule has 0 bridgehead atoms. The minimum absolute atomic E-state index is 0.0243. The maximum Gasteiger partial charge on any atom is 0.422 e. The van der Waals surface area contributed by atoms with Gasteiger partial charge in [-0.15, -0.1) is 0 Å². The molecule has 0 aliphatic carbocycles. The van der Waals surface area contributed by atoms with E-state index in [0.717, 1.165) is 0 Å². The van der Waals surface area contributed by atoms with Gasteiger partial charge in [0.15, 0.2) is 6.61 Å². The van der Waals surface area contributed by atoms with Crippen molar-refractivity contribution in [3.63, 3.8) is 0 Å². The van der Waals surface area contributed by atoms with Crippen LogP contribution in [0.2, 0.25) is 5.02 Å². The van der Waals surface area contributed by atoms with Crippen LogP contribution in [0.3, 0.4) is 0 Å². The highest BCUT2D eigenvalue weighted by molar-refractivity contribution is 7.83. The van der Waals surface area contributed by atoms with Crippen LogP contribution in [0.4, 0.5) is 18.9 Å². The Bertz CT molecular complexity index is 827. The Hall–Kier alpha value is -2.06. The summed E-state index contributed by atoms with van der Waals surface area (Å²) in [7, 11) is -1.07. The molecule has 2 aromatic rings. The van der Waals surface area contributed by atoms with Crippen molar-refractivity contribution in [3.05, 3.63) is 58.6 Å². The Morgan fingerprint density at radius 2 is 1.96 bits per heavy atom. The number of carbonyl (C=O) groups excluding carboxylic acids is 1. The SMILES string of the molecule is C[S@](=O)Cc1cccc(C(=O)Nc2cc(Cl)ccc2OCC(F)(F)F)c1. The van der Waals surface area contributed by atoms with Gasteiger partial charge in [0, 0.05) is 33.4 Å². The Morgan fingerprint density at radius 1 is 1.23 bits per heavy atom.